The monoisotopic (exact) mass is 281 g/mol. The highest BCUT2D eigenvalue weighted by molar-refractivity contribution is 5.72. The number of hydrogen-bond acceptors (Lipinski definition) is 4. The zero-order valence-electron chi connectivity index (χ0n) is 11.9. The normalized spacial score (nSPS) is 12.3. The predicted octanol–water partition coefficient (Wildman–Crippen LogP) is -2.03. The van der Waals surface area contributed by atoms with Crippen LogP contribution in [0.4, 0.5) is 0 Å². The smallest absolute Gasteiger partial charge is 0.309 e. The summed E-state index contributed by atoms with van der Waals surface area (Å²) in [5, 5.41) is 0. The summed E-state index contributed by atoms with van der Waals surface area (Å²) in [6, 6.07) is 0. The second-order valence-corrected chi connectivity index (χ2v) is 4.95. The maximum absolute atomic E-state index is 11.4. The summed E-state index contributed by atoms with van der Waals surface area (Å²) in [6.45, 7) is 4.42. The number of carbonyl (C=O) groups is 2. The standard InChI is InChI=1S/C12H24NO4.ClH/c1-6-11(14)17-10(9-13(3,4)5)8-12(15)16-7-2;/h10H,6-9H2,1-5H3;1H/q+1;/p-1/t10-;/m1./s1. The van der Waals surface area contributed by atoms with E-state index in [2.05, 4.69) is 0 Å². The van der Waals surface area contributed by atoms with Crippen LogP contribution in [-0.4, -0.2) is 56.8 Å². The highest BCUT2D eigenvalue weighted by atomic mass is 35.5. The molecule has 18 heavy (non-hydrogen) atoms. The molecule has 0 radical (unpaired) electrons. The number of halogens is 1. The van der Waals surface area contributed by atoms with E-state index in [9.17, 15) is 9.59 Å². The van der Waals surface area contributed by atoms with Crippen LogP contribution in [0.15, 0.2) is 0 Å². The minimum Gasteiger partial charge on any atom is -1.00 e. The van der Waals surface area contributed by atoms with Gasteiger partial charge in [-0.25, -0.2) is 0 Å². The summed E-state index contributed by atoms with van der Waals surface area (Å²) in [6.07, 6.45) is 0.0208. The first-order valence-corrected chi connectivity index (χ1v) is 5.94. The molecule has 0 unspecified atom stereocenters. The Bertz CT molecular complexity index is 263. The van der Waals surface area contributed by atoms with Gasteiger partial charge in [-0.1, -0.05) is 6.92 Å². The third-order valence-electron chi connectivity index (χ3n) is 2.04. The molecule has 0 aliphatic heterocycles. The highest BCUT2D eigenvalue weighted by Gasteiger charge is 2.24. The van der Waals surface area contributed by atoms with E-state index in [1.165, 1.54) is 0 Å². The van der Waals surface area contributed by atoms with Gasteiger partial charge in [0.25, 0.3) is 0 Å². The molecule has 0 heterocycles. The Labute approximate surface area is 115 Å². The first-order valence-electron chi connectivity index (χ1n) is 5.94. The minimum absolute atomic E-state index is 0. The van der Waals surface area contributed by atoms with E-state index in [0.29, 0.717) is 24.1 Å². The van der Waals surface area contributed by atoms with Crippen LogP contribution < -0.4 is 12.4 Å². The molecule has 108 valence electrons. The highest BCUT2D eigenvalue weighted by Crippen LogP contribution is 2.07. The lowest BCUT2D eigenvalue weighted by Gasteiger charge is -2.28. The molecule has 0 N–H and O–H groups in total. The van der Waals surface area contributed by atoms with Crippen molar-refractivity contribution in [3.8, 4) is 0 Å². The van der Waals surface area contributed by atoms with Crippen LogP contribution in [0.1, 0.15) is 26.7 Å². The van der Waals surface area contributed by atoms with Crippen LogP contribution in [0.3, 0.4) is 0 Å². The molecular formula is C12H24ClNO4. The molecule has 0 amide bonds. The van der Waals surface area contributed by atoms with E-state index < -0.39 is 6.10 Å². The fourth-order valence-electron chi connectivity index (χ4n) is 1.43. The fourth-order valence-corrected chi connectivity index (χ4v) is 1.43. The lowest BCUT2D eigenvalue weighted by molar-refractivity contribution is -0.873. The van der Waals surface area contributed by atoms with Gasteiger partial charge in [-0.2, -0.15) is 0 Å². The van der Waals surface area contributed by atoms with Crippen LogP contribution in [-0.2, 0) is 19.1 Å². The van der Waals surface area contributed by atoms with Crippen LogP contribution in [0.5, 0.6) is 0 Å². The van der Waals surface area contributed by atoms with Crippen molar-refractivity contribution in [1.82, 2.24) is 0 Å². The molecular weight excluding hydrogens is 258 g/mol. The third-order valence-corrected chi connectivity index (χ3v) is 2.04. The molecule has 0 rings (SSSR count). The Hall–Kier alpha value is -0.810. The van der Waals surface area contributed by atoms with Crippen molar-refractivity contribution >= 4 is 11.9 Å². The van der Waals surface area contributed by atoms with Crippen molar-refractivity contribution in [1.29, 1.82) is 0 Å². The molecule has 0 fully saturated rings. The van der Waals surface area contributed by atoms with Gasteiger partial charge in [0, 0.05) is 6.42 Å². The lowest BCUT2D eigenvalue weighted by atomic mass is 10.2. The number of nitrogens with zero attached hydrogens (tertiary/aromatic N) is 1. The zero-order chi connectivity index (χ0) is 13.5. The van der Waals surface area contributed by atoms with Crippen molar-refractivity contribution in [2.45, 2.75) is 32.8 Å². The van der Waals surface area contributed by atoms with E-state index in [0.717, 1.165) is 0 Å². The molecule has 0 aromatic heterocycles. The van der Waals surface area contributed by atoms with Crippen LogP contribution in [0.2, 0.25) is 0 Å². The summed E-state index contributed by atoms with van der Waals surface area (Å²) in [5.74, 6) is -0.609. The van der Waals surface area contributed by atoms with Gasteiger partial charge in [0.1, 0.15) is 6.54 Å². The van der Waals surface area contributed by atoms with Crippen molar-refractivity contribution in [2.75, 3.05) is 34.3 Å². The van der Waals surface area contributed by atoms with E-state index in [-0.39, 0.29) is 30.8 Å². The topological polar surface area (TPSA) is 52.6 Å². The first kappa shape index (κ1) is 19.5. The number of rotatable bonds is 7. The summed E-state index contributed by atoms with van der Waals surface area (Å²) < 4.78 is 10.7. The molecule has 1 atom stereocenters. The zero-order valence-corrected chi connectivity index (χ0v) is 12.6. The number of hydrogen-bond donors (Lipinski definition) is 0. The summed E-state index contributed by atoms with van der Waals surface area (Å²) in [4.78, 5) is 22.7. The average Bonchev–Trinajstić information content (AvgIpc) is 2.14. The Balaban J connectivity index is 0. The average molecular weight is 282 g/mol. The van der Waals surface area contributed by atoms with Crippen molar-refractivity contribution in [3.63, 3.8) is 0 Å². The number of carbonyl (C=O) groups excluding carboxylic acids is 2. The van der Waals surface area contributed by atoms with Gasteiger partial charge < -0.3 is 26.4 Å². The number of likely N-dealkylation sites (N-methyl/N-ethyl adjacent to an activating group) is 1. The second kappa shape index (κ2) is 9.16. The van der Waals surface area contributed by atoms with Gasteiger partial charge in [-0.05, 0) is 6.92 Å². The summed E-state index contributed by atoms with van der Waals surface area (Å²) >= 11 is 0. The van der Waals surface area contributed by atoms with Crippen molar-refractivity contribution in [3.05, 3.63) is 0 Å². The second-order valence-electron chi connectivity index (χ2n) is 4.95. The largest absolute Gasteiger partial charge is 1.00 e. The first-order chi connectivity index (χ1) is 7.78. The third kappa shape index (κ3) is 10.4. The van der Waals surface area contributed by atoms with Gasteiger partial charge in [0.2, 0.25) is 0 Å². The van der Waals surface area contributed by atoms with Gasteiger partial charge in [0.15, 0.2) is 6.10 Å². The molecule has 0 saturated heterocycles. The fraction of sp³-hybridized carbons (Fsp3) is 0.833. The lowest BCUT2D eigenvalue weighted by Crippen LogP contribution is -3.00. The quantitative estimate of drug-likeness (QED) is 0.399. The van der Waals surface area contributed by atoms with Gasteiger partial charge in [0.05, 0.1) is 34.2 Å². The Kier molecular flexibility index (Phi) is 9.94. The molecule has 0 spiro atoms. The molecule has 0 bridgehead atoms. The van der Waals surface area contributed by atoms with Crippen LogP contribution >= 0.6 is 0 Å². The van der Waals surface area contributed by atoms with Crippen LogP contribution in [0.25, 0.3) is 0 Å². The number of esters is 2. The SMILES string of the molecule is CCOC(=O)C[C@H](C[N+](C)(C)C)OC(=O)CC.[Cl-]. The predicted molar refractivity (Wildman–Crippen MR) is 64.3 cm³/mol. The van der Waals surface area contributed by atoms with Gasteiger partial charge in [-0.15, -0.1) is 0 Å². The Morgan fingerprint density at radius 2 is 1.67 bits per heavy atom. The van der Waals surface area contributed by atoms with E-state index in [1.807, 2.05) is 21.1 Å². The molecule has 0 aliphatic rings. The Morgan fingerprint density at radius 3 is 2.06 bits per heavy atom. The molecule has 0 aromatic rings. The summed E-state index contributed by atoms with van der Waals surface area (Å²) in [5.41, 5.74) is 0. The maximum atomic E-state index is 11.4. The molecule has 5 nitrogen and oxygen atoms in total. The van der Waals surface area contributed by atoms with Gasteiger partial charge in [-0.3, -0.25) is 9.59 Å². The molecule has 6 heteroatoms. The number of quaternary nitrogens is 1. The number of ether oxygens (including phenoxy) is 2. The van der Waals surface area contributed by atoms with Crippen molar-refractivity contribution < 1.29 is 36.0 Å². The van der Waals surface area contributed by atoms with E-state index >= 15 is 0 Å². The maximum Gasteiger partial charge on any atom is 0.309 e. The molecule has 0 saturated carbocycles. The van der Waals surface area contributed by atoms with Crippen molar-refractivity contribution in [2.24, 2.45) is 0 Å². The van der Waals surface area contributed by atoms with Gasteiger partial charge >= 0.3 is 11.9 Å². The van der Waals surface area contributed by atoms with E-state index in [1.54, 1.807) is 13.8 Å². The molecule has 0 aromatic carbocycles. The van der Waals surface area contributed by atoms with E-state index in [4.69, 9.17) is 9.47 Å². The Morgan fingerprint density at radius 1 is 1.11 bits per heavy atom. The van der Waals surface area contributed by atoms with Crippen LogP contribution in [0, 0.1) is 0 Å². The minimum atomic E-state index is -0.415. The summed E-state index contributed by atoms with van der Waals surface area (Å²) in [7, 11) is 5.95. The molecule has 0 aliphatic carbocycles.